The van der Waals surface area contributed by atoms with Gasteiger partial charge in [0.25, 0.3) is 0 Å². The van der Waals surface area contributed by atoms with E-state index in [0.29, 0.717) is 5.92 Å². The number of ether oxygens (including phenoxy) is 2. The first-order valence-electron chi connectivity index (χ1n) is 7.62. The quantitative estimate of drug-likeness (QED) is 0.894. The summed E-state index contributed by atoms with van der Waals surface area (Å²) in [5.41, 5.74) is 0. The first kappa shape index (κ1) is 14.0. The lowest BCUT2D eigenvalue weighted by Crippen LogP contribution is -2.37. The summed E-state index contributed by atoms with van der Waals surface area (Å²) in [7, 11) is 0. The number of aromatic amines is 1. The zero-order chi connectivity index (χ0) is 13.8. The van der Waals surface area contributed by atoms with E-state index in [0.717, 1.165) is 70.4 Å². The Bertz CT molecular complexity index is 409. The van der Waals surface area contributed by atoms with Gasteiger partial charge in [-0.2, -0.15) is 5.10 Å². The Hall–Kier alpha value is -0.980. The lowest BCUT2D eigenvalue weighted by atomic mass is 9.96. The number of hydrogen-bond donors (Lipinski definition) is 1. The van der Waals surface area contributed by atoms with Gasteiger partial charge in [0.1, 0.15) is 5.82 Å². The van der Waals surface area contributed by atoms with Crippen LogP contribution >= 0.6 is 0 Å². The summed E-state index contributed by atoms with van der Waals surface area (Å²) in [5.74, 6) is 2.42. The monoisotopic (exact) mass is 280 g/mol. The maximum atomic E-state index is 5.69. The van der Waals surface area contributed by atoms with E-state index >= 15 is 0 Å². The maximum Gasteiger partial charge on any atom is 0.153 e. The van der Waals surface area contributed by atoms with Gasteiger partial charge in [0.05, 0.1) is 25.9 Å². The number of piperidine rings is 1. The van der Waals surface area contributed by atoms with E-state index in [9.17, 15) is 0 Å². The minimum Gasteiger partial charge on any atom is -0.376 e. The summed E-state index contributed by atoms with van der Waals surface area (Å²) in [6, 6.07) is 0. The standard InChI is InChI=1S/C14H24N4O2/c1-11-15-14(17-16-11)12-2-5-18(6-3-12)7-4-13-10-19-8-9-20-13/h12-13H,2-10H2,1H3,(H,15,16,17). The summed E-state index contributed by atoms with van der Waals surface area (Å²) in [6.07, 6.45) is 3.67. The van der Waals surface area contributed by atoms with Gasteiger partial charge >= 0.3 is 0 Å². The Morgan fingerprint density at radius 2 is 2.15 bits per heavy atom. The van der Waals surface area contributed by atoms with Crippen molar-refractivity contribution in [1.29, 1.82) is 0 Å². The maximum absolute atomic E-state index is 5.69. The average Bonchev–Trinajstić information content (AvgIpc) is 2.93. The fraction of sp³-hybridized carbons (Fsp3) is 0.857. The van der Waals surface area contributed by atoms with Crippen LogP contribution in [0.15, 0.2) is 0 Å². The van der Waals surface area contributed by atoms with Crippen LogP contribution in [0.1, 0.15) is 36.8 Å². The molecule has 1 aromatic heterocycles. The van der Waals surface area contributed by atoms with E-state index in [1.165, 1.54) is 0 Å². The highest BCUT2D eigenvalue weighted by Crippen LogP contribution is 2.25. The van der Waals surface area contributed by atoms with E-state index in [1.54, 1.807) is 0 Å². The average molecular weight is 280 g/mol. The minimum atomic E-state index is 0.289. The molecule has 0 aliphatic carbocycles. The highest BCUT2D eigenvalue weighted by atomic mass is 16.6. The van der Waals surface area contributed by atoms with E-state index in [-0.39, 0.29) is 6.10 Å². The van der Waals surface area contributed by atoms with Gasteiger partial charge in [-0.25, -0.2) is 4.98 Å². The molecule has 2 aliphatic rings. The summed E-state index contributed by atoms with van der Waals surface area (Å²) >= 11 is 0. The second-order valence-electron chi connectivity index (χ2n) is 5.75. The molecular formula is C14H24N4O2. The van der Waals surface area contributed by atoms with E-state index in [2.05, 4.69) is 20.1 Å². The Labute approximate surface area is 119 Å². The van der Waals surface area contributed by atoms with Crippen LogP contribution in [0.2, 0.25) is 0 Å². The third-order valence-corrected chi connectivity index (χ3v) is 4.22. The number of rotatable bonds is 4. The van der Waals surface area contributed by atoms with Gasteiger partial charge in [-0.3, -0.25) is 5.10 Å². The first-order chi connectivity index (χ1) is 9.81. The molecule has 6 nitrogen and oxygen atoms in total. The molecule has 1 unspecified atom stereocenters. The van der Waals surface area contributed by atoms with Gasteiger partial charge in [0.2, 0.25) is 0 Å². The number of nitrogens with one attached hydrogen (secondary N) is 1. The summed E-state index contributed by atoms with van der Waals surface area (Å²) in [4.78, 5) is 6.98. The third-order valence-electron chi connectivity index (χ3n) is 4.22. The molecule has 0 amide bonds. The highest BCUT2D eigenvalue weighted by Gasteiger charge is 2.24. The number of nitrogens with zero attached hydrogens (tertiary/aromatic N) is 3. The molecule has 6 heteroatoms. The molecule has 2 saturated heterocycles. The Kier molecular flexibility index (Phi) is 4.65. The van der Waals surface area contributed by atoms with E-state index in [4.69, 9.17) is 9.47 Å². The van der Waals surface area contributed by atoms with Crippen LogP contribution in [0, 0.1) is 6.92 Å². The minimum absolute atomic E-state index is 0.289. The van der Waals surface area contributed by atoms with E-state index < -0.39 is 0 Å². The zero-order valence-electron chi connectivity index (χ0n) is 12.2. The van der Waals surface area contributed by atoms with Crippen LogP contribution in [0.3, 0.4) is 0 Å². The first-order valence-corrected chi connectivity index (χ1v) is 7.62. The fourth-order valence-corrected chi connectivity index (χ4v) is 2.99. The van der Waals surface area contributed by atoms with Crippen LogP contribution in [-0.4, -0.2) is 65.6 Å². The summed E-state index contributed by atoms with van der Waals surface area (Å²) in [5, 5.41) is 7.23. The molecular weight excluding hydrogens is 256 g/mol. The van der Waals surface area contributed by atoms with Crippen molar-refractivity contribution in [3.8, 4) is 0 Å². The van der Waals surface area contributed by atoms with Gasteiger partial charge in [-0.1, -0.05) is 0 Å². The largest absolute Gasteiger partial charge is 0.376 e. The topological polar surface area (TPSA) is 63.3 Å². The smallest absolute Gasteiger partial charge is 0.153 e. The van der Waals surface area contributed by atoms with Crippen molar-refractivity contribution in [3.05, 3.63) is 11.6 Å². The van der Waals surface area contributed by atoms with Gasteiger partial charge in [-0.15, -0.1) is 0 Å². The Morgan fingerprint density at radius 1 is 1.30 bits per heavy atom. The molecule has 3 rings (SSSR count). The van der Waals surface area contributed by atoms with Crippen LogP contribution in [0.5, 0.6) is 0 Å². The number of likely N-dealkylation sites (tertiary alicyclic amines) is 1. The van der Waals surface area contributed by atoms with Crippen molar-refractivity contribution in [2.24, 2.45) is 0 Å². The number of hydrogen-bond acceptors (Lipinski definition) is 5. The second kappa shape index (κ2) is 6.65. The molecule has 0 saturated carbocycles. The van der Waals surface area contributed by atoms with Gasteiger partial charge in [-0.05, 0) is 39.3 Å². The van der Waals surface area contributed by atoms with Crippen molar-refractivity contribution in [2.75, 3.05) is 39.5 Å². The van der Waals surface area contributed by atoms with Crippen LogP contribution in [-0.2, 0) is 9.47 Å². The van der Waals surface area contributed by atoms with Gasteiger partial charge in [0.15, 0.2) is 5.82 Å². The molecule has 2 aliphatic heterocycles. The van der Waals surface area contributed by atoms with Crippen molar-refractivity contribution >= 4 is 0 Å². The Balaban J connectivity index is 1.39. The molecule has 20 heavy (non-hydrogen) atoms. The van der Waals surface area contributed by atoms with E-state index in [1.807, 2.05) is 6.92 Å². The molecule has 112 valence electrons. The van der Waals surface area contributed by atoms with Crippen molar-refractivity contribution in [1.82, 2.24) is 20.1 Å². The van der Waals surface area contributed by atoms with Gasteiger partial charge in [0, 0.05) is 12.5 Å². The molecule has 0 bridgehead atoms. The van der Waals surface area contributed by atoms with Crippen LogP contribution in [0.4, 0.5) is 0 Å². The molecule has 1 N–H and O–H groups in total. The number of H-pyrrole nitrogens is 1. The molecule has 0 radical (unpaired) electrons. The molecule has 0 spiro atoms. The molecule has 1 aromatic rings. The number of aromatic nitrogens is 3. The summed E-state index contributed by atoms with van der Waals surface area (Å²) in [6.45, 7) is 7.57. The summed E-state index contributed by atoms with van der Waals surface area (Å²) < 4.78 is 11.1. The highest BCUT2D eigenvalue weighted by molar-refractivity contribution is 4.99. The molecule has 3 heterocycles. The van der Waals surface area contributed by atoms with Crippen LogP contribution < -0.4 is 0 Å². The normalized spacial score (nSPS) is 25.9. The predicted octanol–water partition coefficient (Wildman–Crippen LogP) is 1.10. The predicted molar refractivity (Wildman–Crippen MR) is 74.7 cm³/mol. The lowest BCUT2D eigenvalue weighted by molar-refractivity contribution is -0.0930. The van der Waals surface area contributed by atoms with Crippen molar-refractivity contribution in [3.63, 3.8) is 0 Å². The SMILES string of the molecule is Cc1nc(C2CCN(CCC3COCCO3)CC2)n[nH]1. The number of aryl methyl sites for hydroxylation is 1. The van der Waals surface area contributed by atoms with Gasteiger partial charge < -0.3 is 14.4 Å². The fourth-order valence-electron chi connectivity index (χ4n) is 2.99. The molecule has 2 fully saturated rings. The van der Waals surface area contributed by atoms with Crippen molar-refractivity contribution < 1.29 is 9.47 Å². The Morgan fingerprint density at radius 3 is 2.80 bits per heavy atom. The second-order valence-corrected chi connectivity index (χ2v) is 5.75. The zero-order valence-corrected chi connectivity index (χ0v) is 12.2. The third kappa shape index (κ3) is 3.56. The molecule has 1 atom stereocenters. The lowest BCUT2D eigenvalue weighted by Gasteiger charge is -2.32. The van der Waals surface area contributed by atoms with Crippen molar-refractivity contribution in [2.45, 2.75) is 38.2 Å². The van der Waals surface area contributed by atoms with Crippen LogP contribution in [0.25, 0.3) is 0 Å². The molecule has 0 aromatic carbocycles.